The molecule has 5 nitrogen and oxygen atoms in total. The van der Waals surface area contributed by atoms with Gasteiger partial charge in [0.15, 0.2) is 5.78 Å². The van der Waals surface area contributed by atoms with Crippen LogP contribution in [0.3, 0.4) is 0 Å². The summed E-state index contributed by atoms with van der Waals surface area (Å²) in [4.78, 5) is 32.7. The van der Waals surface area contributed by atoms with Crippen LogP contribution < -0.4 is 56.5 Å². The zero-order valence-electron chi connectivity index (χ0n) is 9.73. The summed E-state index contributed by atoms with van der Waals surface area (Å²) in [5, 5.41) is 20.4. The Balaban J connectivity index is 0.00000256. The van der Waals surface area contributed by atoms with Gasteiger partial charge in [0, 0.05) is 11.1 Å². The van der Waals surface area contributed by atoms with Crippen LogP contribution in [-0.4, -0.2) is 23.1 Å². The molecule has 0 aromatic heterocycles. The van der Waals surface area contributed by atoms with E-state index in [2.05, 4.69) is 0 Å². The Hall–Kier alpha value is -0.534. The number of carbonyl (C=O) groups excluding carboxylic acids is 2. The maximum atomic E-state index is 11.6. The molecule has 84 valence electrons. The van der Waals surface area contributed by atoms with Crippen molar-refractivity contribution in [3.63, 3.8) is 0 Å². The van der Waals surface area contributed by atoms with Crippen LogP contribution in [0.4, 0.5) is 0 Å². The Morgan fingerprint density at radius 2 is 1.94 bits per heavy atom. The van der Waals surface area contributed by atoms with Crippen molar-refractivity contribution in [2.45, 2.75) is 13.8 Å². The monoisotopic (exact) mass is 260 g/mol. The standard InChI is InChI=1S/C11H10O5.K/c1-5-3-7(6(2)13)8(4-12)10(14)9(5)11(15)16;/h3-4,14H,1-2H3,(H,15,16);/q;+1/p-1. The molecule has 0 saturated heterocycles. The Labute approximate surface area is 140 Å². The molecule has 1 aromatic carbocycles. The second-order valence-electron chi connectivity index (χ2n) is 3.34. The van der Waals surface area contributed by atoms with E-state index in [-0.39, 0.29) is 68.8 Å². The van der Waals surface area contributed by atoms with E-state index in [1.165, 1.54) is 19.9 Å². The molecule has 1 N–H and O–H groups in total. The van der Waals surface area contributed by atoms with Gasteiger partial charge in [0.2, 0.25) is 0 Å². The number of aryl methyl sites for hydroxylation is 1. The van der Waals surface area contributed by atoms with Gasteiger partial charge in [-0.25, -0.2) is 4.79 Å². The van der Waals surface area contributed by atoms with Gasteiger partial charge in [-0.3, -0.25) is 9.59 Å². The van der Waals surface area contributed by atoms with Crippen LogP contribution in [0.25, 0.3) is 0 Å². The number of hydrogen-bond acceptors (Lipinski definition) is 4. The molecule has 1 rings (SSSR count). The van der Waals surface area contributed by atoms with Gasteiger partial charge >= 0.3 is 57.4 Å². The molecule has 0 fully saturated rings. The summed E-state index contributed by atoms with van der Waals surface area (Å²) in [7, 11) is 0. The Morgan fingerprint density at radius 3 is 2.29 bits per heavy atom. The van der Waals surface area contributed by atoms with Gasteiger partial charge in [-0.1, -0.05) is 5.75 Å². The number of carboxylic acids is 1. The third-order valence-corrected chi connectivity index (χ3v) is 2.23. The minimum Gasteiger partial charge on any atom is -0.871 e. The van der Waals surface area contributed by atoms with E-state index in [1.807, 2.05) is 0 Å². The number of carbonyl (C=O) groups is 3. The summed E-state index contributed by atoms with van der Waals surface area (Å²) in [6.45, 7) is 2.62. The molecular formula is C11H9KO5. The van der Waals surface area contributed by atoms with Gasteiger partial charge in [-0.05, 0) is 25.5 Å². The molecule has 0 aliphatic carbocycles. The third-order valence-electron chi connectivity index (χ3n) is 2.23. The molecule has 17 heavy (non-hydrogen) atoms. The van der Waals surface area contributed by atoms with E-state index in [9.17, 15) is 19.5 Å². The molecule has 0 saturated carbocycles. The fraction of sp³-hybridized carbons (Fsp3) is 0.182. The van der Waals surface area contributed by atoms with Crippen molar-refractivity contribution in [3.05, 3.63) is 28.3 Å². The third kappa shape index (κ3) is 3.23. The first kappa shape index (κ1) is 16.5. The smallest absolute Gasteiger partial charge is 0.871 e. The molecule has 0 radical (unpaired) electrons. The van der Waals surface area contributed by atoms with Gasteiger partial charge < -0.3 is 10.2 Å². The van der Waals surface area contributed by atoms with E-state index in [1.54, 1.807) is 0 Å². The molecule has 0 aliphatic rings. The maximum absolute atomic E-state index is 11.6. The zero-order valence-corrected chi connectivity index (χ0v) is 12.9. The van der Waals surface area contributed by atoms with Crippen LogP contribution >= 0.6 is 0 Å². The van der Waals surface area contributed by atoms with E-state index in [4.69, 9.17) is 5.11 Å². The molecule has 0 aliphatic heterocycles. The molecular weight excluding hydrogens is 251 g/mol. The van der Waals surface area contributed by atoms with Crippen molar-refractivity contribution in [2.24, 2.45) is 0 Å². The molecule has 0 spiro atoms. The average Bonchev–Trinajstić information content (AvgIpc) is 2.16. The summed E-state index contributed by atoms with van der Waals surface area (Å²) in [6.07, 6.45) is 0.213. The van der Waals surface area contributed by atoms with E-state index >= 15 is 0 Å². The fourth-order valence-electron chi connectivity index (χ4n) is 1.48. The van der Waals surface area contributed by atoms with Gasteiger partial charge in [0.1, 0.15) is 6.29 Å². The molecule has 0 unspecified atom stereocenters. The number of aromatic carboxylic acids is 1. The Kier molecular flexibility index (Phi) is 6.21. The summed E-state index contributed by atoms with van der Waals surface area (Å²) in [5.74, 6) is -2.76. The van der Waals surface area contributed by atoms with E-state index < -0.39 is 28.6 Å². The summed E-state index contributed by atoms with van der Waals surface area (Å²) in [6, 6.07) is 1.25. The number of aldehydes is 1. The van der Waals surface area contributed by atoms with Crippen molar-refractivity contribution in [3.8, 4) is 5.75 Å². The Morgan fingerprint density at radius 1 is 1.41 bits per heavy atom. The van der Waals surface area contributed by atoms with Gasteiger partial charge in [0.25, 0.3) is 0 Å². The molecule has 6 heteroatoms. The summed E-state index contributed by atoms with van der Waals surface area (Å²) in [5.41, 5.74) is -0.724. The van der Waals surface area contributed by atoms with Gasteiger partial charge in [-0.15, -0.1) is 0 Å². The predicted octanol–water partition coefficient (Wildman–Crippen LogP) is -2.21. The van der Waals surface area contributed by atoms with Crippen molar-refractivity contribution in [1.29, 1.82) is 0 Å². The van der Waals surface area contributed by atoms with Gasteiger partial charge in [0.05, 0.1) is 5.56 Å². The minimum atomic E-state index is -1.40. The summed E-state index contributed by atoms with van der Waals surface area (Å²) >= 11 is 0. The van der Waals surface area contributed by atoms with Crippen LogP contribution in [-0.2, 0) is 0 Å². The van der Waals surface area contributed by atoms with Crippen molar-refractivity contribution in [2.75, 3.05) is 0 Å². The quantitative estimate of drug-likeness (QED) is 0.377. The number of carboxylic acid groups (broad SMARTS) is 1. The minimum absolute atomic E-state index is 0. The zero-order chi connectivity index (χ0) is 12.5. The fourth-order valence-corrected chi connectivity index (χ4v) is 1.48. The van der Waals surface area contributed by atoms with Crippen molar-refractivity contribution >= 4 is 18.0 Å². The van der Waals surface area contributed by atoms with Gasteiger partial charge in [-0.2, -0.15) is 0 Å². The summed E-state index contributed by atoms with van der Waals surface area (Å²) < 4.78 is 0. The normalized spacial score (nSPS) is 9.29. The SMILES string of the molecule is CC(=O)c1cc(C)c(C(=O)O)c([O-])c1C=O.[K+]. The predicted molar refractivity (Wildman–Crippen MR) is 53.0 cm³/mol. The van der Waals surface area contributed by atoms with Crippen LogP contribution in [0, 0.1) is 6.92 Å². The van der Waals surface area contributed by atoms with Crippen LogP contribution in [0.5, 0.6) is 5.75 Å². The van der Waals surface area contributed by atoms with E-state index in [0.29, 0.717) is 0 Å². The first-order valence-electron chi connectivity index (χ1n) is 4.44. The largest absolute Gasteiger partial charge is 1.00 e. The van der Waals surface area contributed by atoms with Crippen LogP contribution in [0.1, 0.15) is 43.6 Å². The average molecular weight is 260 g/mol. The van der Waals surface area contributed by atoms with Crippen LogP contribution in [0.15, 0.2) is 6.07 Å². The topological polar surface area (TPSA) is 94.5 Å². The second kappa shape index (κ2) is 6.41. The number of benzene rings is 1. The first-order valence-corrected chi connectivity index (χ1v) is 4.44. The Bertz CT molecular complexity index is 493. The number of hydrogen-bond donors (Lipinski definition) is 1. The molecule has 0 heterocycles. The molecule has 0 bridgehead atoms. The van der Waals surface area contributed by atoms with Crippen molar-refractivity contribution < 1.29 is 76.0 Å². The first-order chi connectivity index (χ1) is 7.40. The number of ketones is 1. The molecule has 0 amide bonds. The maximum Gasteiger partial charge on any atom is 1.00 e. The van der Waals surface area contributed by atoms with E-state index in [0.717, 1.165) is 0 Å². The van der Waals surface area contributed by atoms with Crippen molar-refractivity contribution in [1.82, 2.24) is 0 Å². The van der Waals surface area contributed by atoms with Crippen LogP contribution in [0.2, 0.25) is 0 Å². The number of rotatable bonds is 3. The molecule has 1 aromatic rings. The molecule has 0 atom stereocenters. The number of Topliss-reactive ketones (excluding diaryl/α,β-unsaturated/α-hetero) is 1. The second-order valence-corrected chi connectivity index (χ2v) is 3.34.